The molecule has 1 saturated carbocycles. The van der Waals surface area contributed by atoms with Crippen molar-refractivity contribution in [3.63, 3.8) is 0 Å². The van der Waals surface area contributed by atoms with E-state index in [2.05, 4.69) is 50.3 Å². The highest BCUT2D eigenvalue weighted by Crippen LogP contribution is 2.40. The molecule has 0 aromatic carbocycles. The number of nitrogens with zero attached hydrogens (tertiary/aromatic N) is 1. The zero-order chi connectivity index (χ0) is 14.5. The Kier molecular flexibility index (Phi) is 5.59. The second kappa shape index (κ2) is 7.21. The molecule has 112 valence electrons. The van der Waals surface area contributed by atoms with Crippen molar-refractivity contribution < 1.29 is 0 Å². The van der Waals surface area contributed by atoms with Gasteiger partial charge in [-0.2, -0.15) is 0 Å². The van der Waals surface area contributed by atoms with Crippen LogP contribution in [0.25, 0.3) is 0 Å². The maximum Gasteiger partial charge on any atom is 0.0352 e. The average molecular weight is 274 g/mol. The molecule has 20 heavy (non-hydrogen) atoms. The summed E-state index contributed by atoms with van der Waals surface area (Å²) in [5.41, 5.74) is 2.89. The molecule has 0 saturated heterocycles. The van der Waals surface area contributed by atoms with Gasteiger partial charge in [0.15, 0.2) is 0 Å². The standard InChI is InChI=1S/C18H30N2/c1-5-15-12-19-10-9-17(15)18(20-6-2)16-8-7-13(3)14(4)11-16/h9-10,12-14,16,18,20H,5-8,11H2,1-4H3. The highest BCUT2D eigenvalue weighted by molar-refractivity contribution is 5.27. The minimum absolute atomic E-state index is 0.507. The Balaban J connectivity index is 2.22. The Hall–Kier alpha value is -0.890. The van der Waals surface area contributed by atoms with Crippen molar-refractivity contribution in [1.82, 2.24) is 10.3 Å². The lowest BCUT2D eigenvalue weighted by Gasteiger charge is -2.38. The summed E-state index contributed by atoms with van der Waals surface area (Å²) in [5, 5.41) is 3.75. The van der Waals surface area contributed by atoms with E-state index in [4.69, 9.17) is 0 Å². The Bertz CT molecular complexity index is 416. The van der Waals surface area contributed by atoms with E-state index in [1.54, 1.807) is 0 Å². The predicted molar refractivity (Wildman–Crippen MR) is 85.7 cm³/mol. The van der Waals surface area contributed by atoms with Crippen molar-refractivity contribution in [3.05, 3.63) is 29.6 Å². The van der Waals surface area contributed by atoms with Gasteiger partial charge in [-0.05, 0) is 60.8 Å². The molecule has 2 rings (SSSR count). The fourth-order valence-corrected chi connectivity index (χ4v) is 3.68. The maximum atomic E-state index is 4.30. The first-order valence-corrected chi connectivity index (χ1v) is 8.33. The predicted octanol–water partition coefficient (Wildman–Crippen LogP) is 4.37. The van der Waals surface area contributed by atoms with Crippen molar-refractivity contribution in [2.75, 3.05) is 6.54 Å². The SMILES string of the molecule is CCNC(c1ccncc1CC)C1CCC(C)C(C)C1. The number of hydrogen-bond donors (Lipinski definition) is 1. The molecule has 4 unspecified atom stereocenters. The lowest BCUT2D eigenvalue weighted by atomic mass is 9.71. The smallest absolute Gasteiger partial charge is 0.0352 e. The first-order chi connectivity index (χ1) is 9.67. The van der Waals surface area contributed by atoms with Gasteiger partial charge in [0.05, 0.1) is 0 Å². The fraction of sp³-hybridized carbons (Fsp3) is 0.722. The van der Waals surface area contributed by atoms with E-state index in [-0.39, 0.29) is 0 Å². The molecule has 0 bridgehead atoms. The first-order valence-electron chi connectivity index (χ1n) is 8.33. The van der Waals surface area contributed by atoms with Gasteiger partial charge in [0, 0.05) is 18.4 Å². The van der Waals surface area contributed by atoms with Crippen LogP contribution in [0.3, 0.4) is 0 Å². The normalized spacial score (nSPS) is 28.3. The average Bonchev–Trinajstić information content (AvgIpc) is 2.48. The second-order valence-corrected chi connectivity index (χ2v) is 6.49. The lowest BCUT2D eigenvalue weighted by Crippen LogP contribution is -2.33. The van der Waals surface area contributed by atoms with Crippen LogP contribution in [-0.2, 0) is 6.42 Å². The molecule has 1 aromatic heterocycles. The van der Waals surface area contributed by atoms with Gasteiger partial charge >= 0.3 is 0 Å². The third kappa shape index (κ3) is 3.41. The molecule has 1 aromatic rings. The summed E-state index contributed by atoms with van der Waals surface area (Å²) in [6.07, 6.45) is 9.16. The molecule has 0 radical (unpaired) electrons. The third-order valence-corrected chi connectivity index (χ3v) is 5.19. The molecule has 1 N–H and O–H groups in total. The summed E-state index contributed by atoms with van der Waals surface area (Å²) in [4.78, 5) is 4.30. The lowest BCUT2D eigenvalue weighted by molar-refractivity contribution is 0.171. The summed E-state index contributed by atoms with van der Waals surface area (Å²) in [7, 11) is 0. The largest absolute Gasteiger partial charge is 0.310 e. The summed E-state index contributed by atoms with van der Waals surface area (Å²) in [5.74, 6) is 2.51. The van der Waals surface area contributed by atoms with Gasteiger partial charge in [-0.3, -0.25) is 4.98 Å². The fourth-order valence-electron chi connectivity index (χ4n) is 3.68. The van der Waals surface area contributed by atoms with E-state index < -0.39 is 0 Å². The second-order valence-electron chi connectivity index (χ2n) is 6.49. The van der Waals surface area contributed by atoms with Crippen LogP contribution in [-0.4, -0.2) is 11.5 Å². The number of nitrogens with one attached hydrogen (secondary N) is 1. The van der Waals surface area contributed by atoms with Gasteiger partial charge in [0.1, 0.15) is 0 Å². The molecule has 0 spiro atoms. The molecule has 1 heterocycles. The van der Waals surface area contributed by atoms with Gasteiger partial charge in [-0.15, -0.1) is 0 Å². The van der Waals surface area contributed by atoms with E-state index in [9.17, 15) is 0 Å². The maximum absolute atomic E-state index is 4.30. The van der Waals surface area contributed by atoms with Gasteiger partial charge in [-0.25, -0.2) is 0 Å². The topological polar surface area (TPSA) is 24.9 Å². The van der Waals surface area contributed by atoms with Gasteiger partial charge in [0.25, 0.3) is 0 Å². The minimum Gasteiger partial charge on any atom is -0.310 e. The highest BCUT2D eigenvalue weighted by Gasteiger charge is 2.31. The van der Waals surface area contributed by atoms with Crippen LogP contribution in [0, 0.1) is 17.8 Å². The highest BCUT2D eigenvalue weighted by atomic mass is 14.9. The van der Waals surface area contributed by atoms with E-state index >= 15 is 0 Å². The number of aryl methyl sites for hydroxylation is 1. The Morgan fingerprint density at radius 2 is 2.05 bits per heavy atom. The quantitative estimate of drug-likeness (QED) is 0.862. The van der Waals surface area contributed by atoms with Crippen LogP contribution in [0.4, 0.5) is 0 Å². The zero-order valence-corrected chi connectivity index (χ0v) is 13.5. The van der Waals surface area contributed by atoms with Crippen molar-refractivity contribution >= 4 is 0 Å². The Labute approximate surface area is 124 Å². The minimum atomic E-state index is 0.507. The number of rotatable bonds is 5. The number of pyridine rings is 1. The molecule has 2 nitrogen and oxygen atoms in total. The number of aromatic nitrogens is 1. The summed E-state index contributed by atoms with van der Waals surface area (Å²) >= 11 is 0. The van der Waals surface area contributed by atoms with Crippen LogP contribution < -0.4 is 5.32 Å². The molecule has 4 atom stereocenters. The molecule has 0 amide bonds. The zero-order valence-electron chi connectivity index (χ0n) is 13.5. The Morgan fingerprint density at radius 1 is 1.25 bits per heavy atom. The summed E-state index contributed by atoms with van der Waals surface area (Å²) in [6, 6.07) is 2.74. The van der Waals surface area contributed by atoms with Crippen LogP contribution >= 0.6 is 0 Å². The molecule has 1 aliphatic rings. The molecular weight excluding hydrogens is 244 g/mol. The molecular formula is C18H30N2. The van der Waals surface area contributed by atoms with E-state index in [1.807, 2.05) is 6.20 Å². The van der Waals surface area contributed by atoms with Crippen LogP contribution in [0.2, 0.25) is 0 Å². The van der Waals surface area contributed by atoms with E-state index in [0.717, 1.165) is 30.7 Å². The molecule has 1 aliphatic carbocycles. The van der Waals surface area contributed by atoms with Crippen molar-refractivity contribution in [2.24, 2.45) is 17.8 Å². The molecule has 0 aliphatic heterocycles. The third-order valence-electron chi connectivity index (χ3n) is 5.19. The monoisotopic (exact) mass is 274 g/mol. The van der Waals surface area contributed by atoms with Crippen LogP contribution in [0.5, 0.6) is 0 Å². The molecule has 1 fully saturated rings. The number of hydrogen-bond acceptors (Lipinski definition) is 2. The van der Waals surface area contributed by atoms with Crippen molar-refractivity contribution in [3.8, 4) is 0 Å². The van der Waals surface area contributed by atoms with Gasteiger partial charge < -0.3 is 5.32 Å². The van der Waals surface area contributed by atoms with Gasteiger partial charge in [-0.1, -0.05) is 34.1 Å². The van der Waals surface area contributed by atoms with Crippen LogP contribution in [0.15, 0.2) is 18.5 Å². The van der Waals surface area contributed by atoms with Crippen molar-refractivity contribution in [1.29, 1.82) is 0 Å². The molecule has 2 heteroatoms. The Morgan fingerprint density at radius 3 is 2.70 bits per heavy atom. The summed E-state index contributed by atoms with van der Waals surface area (Å²) < 4.78 is 0. The van der Waals surface area contributed by atoms with Crippen molar-refractivity contribution in [2.45, 2.75) is 59.4 Å². The summed E-state index contributed by atoms with van der Waals surface area (Å²) in [6.45, 7) is 10.3. The van der Waals surface area contributed by atoms with E-state index in [1.165, 1.54) is 30.4 Å². The van der Waals surface area contributed by atoms with Gasteiger partial charge in [0.2, 0.25) is 0 Å². The van der Waals surface area contributed by atoms with E-state index in [0.29, 0.717) is 6.04 Å². The van der Waals surface area contributed by atoms with Crippen LogP contribution in [0.1, 0.15) is 64.1 Å². The first kappa shape index (κ1) is 15.5.